The SMILES string of the molecule is Fc1ccc2c(c1)nc(CCCl)n2Cc1ccccc1Br. The van der Waals surface area contributed by atoms with Crippen LogP contribution >= 0.6 is 27.5 Å². The van der Waals surface area contributed by atoms with Crippen molar-refractivity contribution in [1.29, 1.82) is 0 Å². The van der Waals surface area contributed by atoms with Gasteiger partial charge in [-0.25, -0.2) is 9.37 Å². The minimum Gasteiger partial charge on any atom is -0.323 e. The van der Waals surface area contributed by atoms with Crippen LogP contribution in [0.2, 0.25) is 0 Å². The quantitative estimate of drug-likeness (QED) is 0.608. The van der Waals surface area contributed by atoms with E-state index in [2.05, 4.69) is 31.5 Å². The number of aryl methyl sites for hydroxylation is 1. The zero-order valence-electron chi connectivity index (χ0n) is 11.2. The average Bonchev–Trinajstić information content (AvgIpc) is 2.79. The first kappa shape index (κ1) is 14.5. The van der Waals surface area contributed by atoms with Gasteiger partial charge in [0.1, 0.15) is 11.6 Å². The molecular formula is C16H13BrClFN2. The molecule has 5 heteroatoms. The van der Waals surface area contributed by atoms with E-state index >= 15 is 0 Å². The van der Waals surface area contributed by atoms with Crippen LogP contribution in [-0.4, -0.2) is 15.4 Å². The number of hydrogen-bond donors (Lipinski definition) is 0. The average molecular weight is 368 g/mol. The second kappa shape index (κ2) is 6.16. The van der Waals surface area contributed by atoms with E-state index in [1.54, 1.807) is 6.07 Å². The van der Waals surface area contributed by atoms with Gasteiger partial charge in [-0.05, 0) is 23.8 Å². The number of fused-ring (bicyclic) bond motifs is 1. The van der Waals surface area contributed by atoms with Crippen molar-refractivity contribution in [1.82, 2.24) is 9.55 Å². The maximum Gasteiger partial charge on any atom is 0.125 e. The lowest BCUT2D eigenvalue weighted by Gasteiger charge is -2.10. The zero-order valence-corrected chi connectivity index (χ0v) is 13.5. The summed E-state index contributed by atoms with van der Waals surface area (Å²) in [5.41, 5.74) is 2.74. The van der Waals surface area contributed by atoms with Crippen LogP contribution in [-0.2, 0) is 13.0 Å². The summed E-state index contributed by atoms with van der Waals surface area (Å²) < 4.78 is 16.5. The zero-order chi connectivity index (χ0) is 14.8. The van der Waals surface area contributed by atoms with Crippen LogP contribution < -0.4 is 0 Å². The third kappa shape index (κ3) is 2.97. The fourth-order valence-corrected chi connectivity index (χ4v) is 2.98. The van der Waals surface area contributed by atoms with Gasteiger partial charge in [0.25, 0.3) is 0 Å². The van der Waals surface area contributed by atoms with Gasteiger partial charge in [0.2, 0.25) is 0 Å². The number of rotatable bonds is 4. The second-order valence-electron chi connectivity index (χ2n) is 4.78. The van der Waals surface area contributed by atoms with E-state index in [1.165, 1.54) is 12.1 Å². The fourth-order valence-electron chi connectivity index (χ4n) is 2.40. The maximum atomic E-state index is 13.4. The number of hydrogen-bond acceptors (Lipinski definition) is 1. The molecule has 21 heavy (non-hydrogen) atoms. The molecule has 0 spiro atoms. The van der Waals surface area contributed by atoms with Gasteiger partial charge in [0, 0.05) is 22.8 Å². The van der Waals surface area contributed by atoms with Crippen LogP contribution in [0.3, 0.4) is 0 Å². The number of imidazole rings is 1. The Morgan fingerprint density at radius 3 is 2.76 bits per heavy atom. The number of alkyl halides is 1. The molecule has 0 aliphatic rings. The Morgan fingerprint density at radius 2 is 2.00 bits per heavy atom. The van der Waals surface area contributed by atoms with E-state index in [9.17, 15) is 4.39 Å². The first-order valence-corrected chi connectivity index (χ1v) is 7.96. The van der Waals surface area contributed by atoms with E-state index in [4.69, 9.17) is 11.6 Å². The standard InChI is InChI=1S/C16H13BrClFN2/c17-13-4-2-1-3-11(13)10-21-15-6-5-12(19)9-14(15)20-16(21)7-8-18/h1-6,9H,7-8,10H2. The summed E-state index contributed by atoms with van der Waals surface area (Å²) in [5, 5.41) is 0. The van der Waals surface area contributed by atoms with Gasteiger partial charge in [-0.2, -0.15) is 0 Å². The molecule has 0 bridgehead atoms. The van der Waals surface area contributed by atoms with Crippen molar-refractivity contribution in [3.05, 3.63) is 64.1 Å². The highest BCUT2D eigenvalue weighted by molar-refractivity contribution is 9.10. The molecule has 2 nitrogen and oxygen atoms in total. The number of aromatic nitrogens is 2. The highest BCUT2D eigenvalue weighted by atomic mass is 79.9. The van der Waals surface area contributed by atoms with E-state index < -0.39 is 0 Å². The molecule has 0 N–H and O–H groups in total. The molecule has 0 aliphatic carbocycles. The summed E-state index contributed by atoms with van der Waals surface area (Å²) in [7, 11) is 0. The van der Waals surface area contributed by atoms with Crippen molar-refractivity contribution in [3.8, 4) is 0 Å². The van der Waals surface area contributed by atoms with E-state index in [0.29, 0.717) is 24.4 Å². The Bertz CT molecular complexity index is 785. The van der Waals surface area contributed by atoms with E-state index in [1.807, 2.05) is 18.2 Å². The Labute approximate surface area is 135 Å². The third-order valence-corrected chi connectivity index (χ3v) is 4.36. The van der Waals surface area contributed by atoms with Gasteiger partial charge in [-0.3, -0.25) is 0 Å². The molecule has 108 valence electrons. The van der Waals surface area contributed by atoms with Crippen molar-refractivity contribution in [2.75, 3.05) is 5.88 Å². The van der Waals surface area contributed by atoms with Crippen LogP contribution in [0.1, 0.15) is 11.4 Å². The van der Waals surface area contributed by atoms with Crippen molar-refractivity contribution in [2.45, 2.75) is 13.0 Å². The van der Waals surface area contributed by atoms with E-state index in [-0.39, 0.29) is 5.82 Å². The lowest BCUT2D eigenvalue weighted by atomic mass is 10.2. The van der Waals surface area contributed by atoms with Gasteiger partial charge in [-0.1, -0.05) is 34.1 Å². The molecule has 0 saturated heterocycles. The predicted octanol–water partition coefficient (Wildman–Crippen LogP) is 4.77. The monoisotopic (exact) mass is 366 g/mol. The van der Waals surface area contributed by atoms with Crippen molar-refractivity contribution in [2.24, 2.45) is 0 Å². The predicted molar refractivity (Wildman–Crippen MR) is 87.4 cm³/mol. The third-order valence-electron chi connectivity index (χ3n) is 3.39. The Morgan fingerprint density at radius 1 is 1.19 bits per heavy atom. The Kier molecular flexibility index (Phi) is 4.27. The molecule has 0 saturated carbocycles. The van der Waals surface area contributed by atoms with Crippen LogP contribution in [0.4, 0.5) is 4.39 Å². The van der Waals surface area contributed by atoms with Crippen molar-refractivity contribution in [3.63, 3.8) is 0 Å². The number of halogens is 3. The van der Waals surface area contributed by atoms with Gasteiger partial charge < -0.3 is 4.57 Å². The molecule has 1 aromatic heterocycles. The topological polar surface area (TPSA) is 17.8 Å². The number of nitrogens with zero attached hydrogens (tertiary/aromatic N) is 2. The van der Waals surface area contributed by atoms with Crippen LogP contribution in [0.25, 0.3) is 11.0 Å². The normalized spacial score (nSPS) is 11.2. The maximum absolute atomic E-state index is 13.4. The summed E-state index contributed by atoms with van der Waals surface area (Å²) in [6.45, 7) is 0.676. The van der Waals surface area contributed by atoms with Gasteiger partial charge in [-0.15, -0.1) is 11.6 Å². The number of benzene rings is 2. The molecule has 0 amide bonds. The largest absolute Gasteiger partial charge is 0.323 e. The second-order valence-corrected chi connectivity index (χ2v) is 6.01. The van der Waals surface area contributed by atoms with Crippen LogP contribution in [0.5, 0.6) is 0 Å². The fraction of sp³-hybridized carbons (Fsp3) is 0.188. The van der Waals surface area contributed by atoms with E-state index in [0.717, 1.165) is 21.4 Å². The minimum atomic E-state index is -0.273. The summed E-state index contributed by atoms with van der Waals surface area (Å²) in [6, 6.07) is 12.7. The lowest BCUT2D eigenvalue weighted by molar-refractivity contribution is 0.629. The van der Waals surface area contributed by atoms with Crippen LogP contribution in [0.15, 0.2) is 46.9 Å². The highest BCUT2D eigenvalue weighted by Gasteiger charge is 2.12. The smallest absolute Gasteiger partial charge is 0.125 e. The summed E-state index contributed by atoms with van der Waals surface area (Å²) >= 11 is 9.43. The minimum absolute atomic E-state index is 0.273. The van der Waals surface area contributed by atoms with Gasteiger partial charge >= 0.3 is 0 Å². The molecule has 0 unspecified atom stereocenters. The molecule has 2 aromatic carbocycles. The molecule has 1 heterocycles. The molecule has 0 radical (unpaired) electrons. The first-order chi connectivity index (χ1) is 10.2. The molecule has 0 fully saturated rings. The van der Waals surface area contributed by atoms with Crippen molar-refractivity contribution >= 4 is 38.6 Å². The molecule has 0 aliphatic heterocycles. The van der Waals surface area contributed by atoms with Crippen molar-refractivity contribution < 1.29 is 4.39 Å². The molecule has 3 aromatic rings. The molecule has 0 atom stereocenters. The lowest BCUT2D eigenvalue weighted by Crippen LogP contribution is -2.06. The summed E-state index contributed by atoms with van der Waals surface area (Å²) in [4.78, 5) is 4.51. The summed E-state index contributed by atoms with van der Waals surface area (Å²) in [6.07, 6.45) is 0.655. The van der Waals surface area contributed by atoms with Crippen LogP contribution in [0, 0.1) is 5.82 Å². The molecular weight excluding hydrogens is 355 g/mol. The first-order valence-electron chi connectivity index (χ1n) is 6.63. The molecule has 3 rings (SSSR count). The van der Waals surface area contributed by atoms with Gasteiger partial charge in [0.05, 0.1) is 17.6 Å². The van der Waals surface area contributed by atoms with Gasteiger partial charge in [0.15, 0.2) is 0 Å². The summed E-state index contributed by atoms with van der Waals surface area (Å²) in [5.74, 6) is 1.09. The Hall–Kier alpha value is -1.39. The Balaban J connectivity index is 2.11. The highest BCUT2D eigenvalue weighted by Crippen LogP contribution is 2.23.